The number of alkyl halides is 3. The van der Waals surface area contributed by atoms with Gasteiger partial charge in [0.15, 0.2) is 11.6 Å². The zero-order valence-corrected chi connectivity index (χ0v) is 14.4. The lowest BCUT2D eigenvalue weighted by Gasteiger charge is -2.35. The number of hydrogen-bond donors (Lipinski definition) is 2. The minimum atomic E-state index is -4.63. The molecule has 144 valence electrons. The van der Waals surface area contributed by atoms with Crippen LogP contribution < -0.4 is 10.0 Å². The molecule has 1 unspecified atom stereocenters. The molecule has 1 fully saturated rings. The van der Waals surface area contributed by atoms with Crippen LogP contribution in [-0.2, 0) is 10.0 Å². The van der Waals surface area contributed by atoms with Gasteiger partial charge in [0, 0.05) is 32.7 Å². The van der Waals surface area contributed by atoms with E-state index in [1.54, 1.807) is 0 Å². The lowest BCUT2D eigenvalue weighted by Crippen LogP contribution is -2.57. The lowest BCUT2D eigenvalue weighted by atomic mass is 10.2. The summed E-state index contributed by atoms with van der Waals surface area (Å²) in [7, 11) is -4.39. The van der Waals surface area contributed by atoms with Crippen molar-refractivity contribution in [2.45, 2.75) is 17.1 Å². The van der Waals surface area contributed by atoms with Gasteiger partial charge in [-0.2, -0.15) is 13.2 Å². The zero-order valence-electron chi connectivity index (χ0n) is 12.8. The molecule has 2 rings (SSSR count). The minimum absolute atomic E-state index is 0. The van der Waals surface area contributed by atoms with Crippen molar-refractivity contribution >= 4 is 22.4 Å². The van der Waals surface area contributed by atoms with Crippen molar-refractivity contribution < 1.29 is 30.4 Å². The largest absolute Gasteiger partial charge is 0.405 e. The molecule has 1 aliphatic heterocycles. The molecule has 25 heavy (non-hydrogen) atoms. The molecule has 2 N–H and O–H groups in total. The molecule has 1 aliphatic rings. The second kappa shape index (κ2) is 8.58. The minimum Gasteiger partial charge on any atom is -0.314 e. The van der Waals surface area contributed by atoms with Gasteiger partial charge in [-0.3, -0.25) is 4.90 Å². The first kappa shape index (κ1) is 22.0. The molecule has 0 aromatic heterocycles. The summed E-state index contributed by atoms with van der Waals surface area (Å²) < 4.78 is 91.4. The fourth-order valence-electron chi connectivity index (χ4n) is 2.36. The molecular weight excluding hydrogens is 393 g/mol. The lowest BCUT2D eigenvalue weighted by molar-refractivity contribution is -0.182. The number of nitrogens with zero attached hydrogens (tertiary/aromatic N) is 1. The fraction of sp³-hybridized carbons (Fsp3) is 0.538. The highest BCUT2D eigenvalue weighted by Crippen LogP contribution is 2.25. The van der Waals surface area contributed by atoms with Gasteiger partial charge in [0.2, 0.25) is 10.0 Å². The quantitative estimate of drug-likeness (QED) is 0.724. The molecule has 1 atom stereocenters. The van der Waals surface area contributed by atoms with Gasteiger partial charge in [-0.1, -0.05) is 0 Å². The molecular formula is C13H17ClF5N3O2S. The van der Waals surface area contributed by atoms with Crippen LogP contribution in [0.4, 0.5) is 22.0 Å². The van der Waals surface area contributed by atoms with Gasteiger partial charge in [-0.25, -0.2) is 21.9 Å². The van der Waals surface area contributed by atoms with Crippen LogP contribution in [-0.4, -0.2) is 58.3 Å². The van der Waals surface area contributed by atoms with Crippen molar-refractivity contribution in [2.24, 2.45) is 0 Å². The predicted octanol–water partition coefficient (Wildman–Crippen LogP) is 1.50. The van der Waals surface area contributed by atoms with Crippen LogP contribution >= 0.6 is 12.4 Å². The van der Waals surface area contributed by atoms with Gasteiger partial charge in [-0.05, 0) is 18.2 Å². The molecule has 1 saturated heterocycles. The van der Waals surface area contributed by atoms with Crippen molar-refractivity contribution in [3.8, 4) is 0 Å². The molecule has 1 aromatic carbocycles. The summed E-state index contributed by atoms with van der Waals surface area (Å²) in [6.07, 6.45) is -4.63. The predicted molar refractivity (Wildman–Crippen MR) is 83.1 cm³/mol. The zero-order chi connectivity index (χ0) is 18.0. The third-order valence-corrected chi connectivity index (χ3v) is 5.06. The molecule has 0 aliphatic carbocycles. The van der Waals surface area contributed by atoms with Gasteiger partial charge in [0.05, 0.1) is 4.90 Å². The Morgan fingerprint density at radius 3 is 2.28 bits per heavy atom. The smallest absolute Gasteiger partial charge is 0.314 e. The van der Waals surface area contributed by atoms with Crippen LogP contribution in [0.15, 0.2) is 23.1 Å². The van der Waals surface area contributed by atoms with Crippen LogP contribution in [0, 0.1) is 11.6 Å². The van der Waals surface area contributed by atoms with E-state index in [0.29, 0.717) is 25.2 Å². The van der Waals surface area contributed by atoms with E-state index in [-0.39, 0.29) is 25.5 Å². The molecule has 0 spiro atoms. The average molecular weight is 410 g/mol. The van der Waals surface area contributed by atoms with Crippen molar-refractivity contribution in [1.82, 2.24) is 14.9 Å². The summed E-state index contributed by atoms with van der Waals surface area (Å²) in [6.45, 7) is 0.0595. The summed E-state index contributed by atoms with van der Waals surface area (Å²) in [5.74, 6) is -2.64. The topological polar surface area (TPSA) is 61.4 Å². The number of halogens is 6. The summed E-state index contributed by atoms with van der Waals surface area (Å²) >= 11 is 0. The average Bonchev–Trinajstić information content (AvgIpc) is 2.49. The molecule has 12 heteroatoms. The van der Waals surface area contributed by atoms with Gasteiger partial charge in [0.1, 0.15) is 6.04 Å². The Morgan fingerprint density at radius 2 is 1.76 bits per heavy atom. The molecule has 0 amide bonds. The fourth-order valence-corrected chi connectivity index (χ4v) is 3.41. The van der Waals surface area contributed by atoms with Crippen LogP contribution in [0.3, 0.4) is 0 Å². The number of piperazine rings is 1. The normalized spacial score (nSPS) is 17.8. The maximum atomic E-state index is 13.2. The van der Waals surface area contributed by atoms with Crippen LogP contribution in [0.1, 0.15) is 0 Å². The Bertz CT molecular complexity index is 681. The van der Waals surface area contributed by atoms with Crippen LogP contribution in [0.5, 0.6) is 0 Å². The van der Waals surface area contributed by atoms with Gasteiger partial charge >= 0.3 is 6.18 Å². The molecule has 5 nitrogen and oxygen atoms in total. The highest BCUT2D eigenvalue weighted by Gasteiger charge is 2.44. The van der Waals surface area contributed by atoms with Crippen molar-refractivity contribution in [3.05, 3.63) is 29.8 Å². The van der Waals surface area contributed by atoms with Crippen molar-refractivity contribution in [3.63, 3.8) is 0 Å². The van der Waals surface area contributed by atoms with Gasteiger partial charge < -0.3 is 5.32 Å². The number of sulfonamides is 1. The van der Waals surface area contributed by atoms with Crippen LogP contribution in [0.25, 0.3) is 0 Å². The SMILES string of the molecule is Cl.O=S(=O)(NCC(N1CCNCC1)C(F)(F)F)c1ccc(F)c(F)c1. The standard InChI is InChI=1S/C13H16F5N3O2S.ClH/c14-10-2-1-9(7-11(10)15)24(22,23)20-8-12(13(16,17)18)21-5-3-19-4-6-21;/h1-2,7,12,19-20H,3-6,8H2;1H. The van der Waals surface area contributed by atoms with E-state index >= 15 is 0 Å². The highest BCUT2D eigenvalue weighted by atomic mass is 35.5. The van der Waals surface area contributed by atoms with E-state index < -0.39 is 45.3 Å². The van der Waals surface area contributed by atoms with E-state index in [9.17, 15) is 30.4 Å². The first-order chi connectivity index (χ1) is 11.1. The molecule has 1 heterocycles. The van der Waals surface area contributed by atoms with Crippen LogP contribution in [0.2, 0.25) is 0 Å². The number of hydrogen-bond acceptors (Lipinski definition) is 4. The Balaban J connectivity index is 0.00000312. The molecule has 1 aromatic rings. The number of rotatable bonds is 5. The maximum Gasteiger partial charge on any atom is 0.405 e. The Morgan fingerprint density at radius 1 is 1.16 bits per heavy atom. The third-order valence-electron chi connectivity index (χ3n) is 3.64. The second-order valence-electron chi connectivity index (χ2n) is 5.27. The van der Waals surface area contributed by atoms with E-state index in [4.69, 9.17) is 0 Å². The Hall–Kier alpha value is -1.01. The van der Waals surface area contributed by atoms with E-state index in [1.165, 1.54) is 0 Å². The summed E-state index contributed by atoms with van der Waals surface area (Å²) in [5.41, 5.74) is 0. The second-order valence-corrected chi connectivity index (χ2v) is 7.04. The molecule has 0 saturated carbocycles. The summed E-state index contributed by atoms with van der Waals surface area (Å²) in [6, 6.07) is -0.194. The van der Waals surface area contributed by atoms with Gasteiger partial charge in [-0.15, -0.1) is 12.4 Å². The van der Waals surface area contributed by atoms with Gasteiger partial charge in [0.25, 0.3) is 0 Å². The Labute approximate surface area is 148 Å². The van der Waals surface area contributed by atoms with Crippen molar-refractivity contribution in [1.29, 1.82) is 0 Å². The summed E-state index contributed by atoms with van der Waals surface area (Å²) in [4.78, 5) is 0.493. The van der Waals surface area contributed by atoms with E-state index in [2.05, 4.69) is 5.32 Å². The Kier molecular flexibility index (Phi) is 7.56. The highest BCUT2D eigenvalue weighted by molar-refractivity contribution is 7.89. The first-order valence-electron chi connectivity index (χ1n) is 7.07. The maximum absolute atomic E-state index is 13.2. The van der Waals surface area contributed by atoms with E-state index in [1.807, 2.05) is 4.72 Å². The number of benzene rings is 1. The monoisotopic (exact) mass is 409 g/mol. The summed E-state index contributed by atoms with van der Waals surface area (Å²) in [5, 5.41) is 2.91. The van der Waals surface area contributed by atoms with Crippen molar-refractivity contribution in [2.75, 3.05) is 32.7 Å². The first-order valence-corrected chi connectivity index (χ1v) is 8.56. The third kappa shape index (κ3) is 5.74. The molecule has 0 bridgehead atoms. The van der Waals surface area contributed by atoms with E-state index in [0.717, 1.165) is 11.0 Å². The molecule has 0 radical (unpaired) electrons. The number of nitrogens with one attached hydrogen (secondary N) is 2.